The van der Waals surface area contributed by atoms with Crippen molar-refractivity contribution in [3.63, 3.8) is 0 Å². The standard InChI is InChI=1S/C10H14F3NO4/c1-6(15)14-4-2-3-7(8(14)9(16)17)18-5-10(11,12)13/h7-8H,2-5H2,1H3,(H,16,17). The zero-order valence-corrected chi connectivity index (χ0v) is 9.74. The average molecular weight is 269 g/mol. The minimum atomic E-state index is -4.51. The van der Waals surface area contributed by atoms with E-state index in [1.807, 2.05) is 0 Å². The first-order valence-electron chi connectivity index (χ1n) is 5.41. The maximum atomic E-state index is 12.0. The summed E-state index contributed by atoms with van der Waals surface area (Å²) in [5.41, 5.74) is 0. The van der Waals surface area contributed by atoms with Gasteiger partial charge in [0.2, 0.25) is 5.91 Å². The molecule has 104 valence electrons. The molecule has 1 saturated heterocycles. The van der Waals surface area contributed by atoms with E-state index in [9.17, 15) is 22.8 Å². The van der Waals surface area contributed by atoms with Crippen LogP contribution in [0.15, 0.2) is 0 Å². The molecular weight excluding hydrogens is 255 g/mol. The number of nitrogens with zero attached hydrogens (tertiary/aromatic N) is 1. The number of rotatable bonds is 3. The number of halogens is 3. The predicted molar refractivity (Wildman–Crippen MR) is 53.8 cm³/mol. The van der Waals surface area contributed by atoms with Crippen LogP contribution in [0, 0.1) is 0 Å². The van der Waals surface area contributed by atoms with Gasteiger partial charge in [-0.25, -0.2) is 4.79 Å². The summed E-state index contributed by atoms with van der Waals surface area (Å²) in [6.45, 7) is -0.104. The van der Waals surface area contributed by atoms with Crippen molar-refractivity contribution < 1.29 is 32.6 Å². The van der Waals surface area contributed by atoms with E-state index in [1.54, 1.807) is 0 Å². The van der Waals surface area contributed by atoms with Gasteiger partial charge in [-0.2, -0.15) is 13.2 Å². The summed E-state index contributed by atoms with van der Waals surface area (Å²) in [5.74, 6) is -1.83. The van der Waals surface area contributed by atoms with Crippen LogP contribution in [0.4, 0.5) is 13.2 Å². The maximum Gasteiger partial charge on any atom is 0.411 e. The van der Waals surface area contributed by atoms with Crippen LogP contribution < -0.4 is 0 Å². The second-order valence-corrected chi connectivity index (χ2v) is 4.10. The molecule has 2 atom stereocenters. The number of carbonyl (C=O) groups is 2. The summed E-state index contributed by atoms with van der Waals surface area (Å²) in [7, 11) is 0. The summed E-state index contributed by atoms with van der Waals surface area (Å²) in [5, 5.41) is 9.00. The van der Waals surface area contributed by atoms with E-state index in [0.717, 1.165) is 4.90 Å². The summed E-state index contributed by atoms with van der Waals surface area (Å²) in [6.07, 6.45) is -5.02. The van der Waals surface area contributed by atoms with Crippen LogP contribution in [0.3, 0.4) is 0 Å². The number of likely N-dealkylation sites (tertiary alicyclic amines) is 1. The van der Waals surface area contributed by atoms with Gasteiger partial charge < -0.3 is 14.7 Å². The molecule has 2 unspecified atom stereocenters. The van der Waals surface area contributed by atoms with E-state index in [0.29, 0.717) is 6.42 Å². The molecule has 8 heteroatoms. The van der Waals surface area contributed by atoms with Crippen LogP contribution in [0.1, 0.15) is 19.8 Å². The maximum absolute atomic E-state index is 12.0. The van der Waals surface area contributed by atoms with Crippen molar-refractivity contribution in [2.75, 3.05) is 13.2 Å². The molecule has 0 radical (unpaired) electrons. The van der Waals surface area contributed by atoms with Gasteiger partial charge in [-0.05, 0) is 12.8 Å². The molecule has 1 N–H and O–H groups in total. The minimum absolute atomic E-state index is 0.191. The van der Waals surface area contributed by atoms with E-state index in [2.05, 4.69) is 4.74 Å². The second kappa shape index (κ2) is 5.55. The van der Waals surface area contributed by atoms with Crippen molar-refractivity contribution in [1.82, 2.24) is 4.90 Å². The zero-order chi connectivity index (χ0) is 13.9. The molecule has 0 aliphatic carbocycles. The highest BCUT2D eigenvalue weighted by Gasteiger charge is 2.41. The fourth-order valence-electron chi connectivity index (χ4n) is 1.98. The van der Waals surface area contributed by atoms with Gasteiger partial charge in [0.25, 0.3) is 0 Å². The first kappa shape index (κ1) is 14.7. The summed E-state index contributed by atoms with van der Waals surface area (Å²) >= 11 is 0. The Hall–Kier alpha value is -1.31. The molecule has 0 aromatic heterocycles. The number of alkyl halides is 3. The van der Waals surface area contributed by atoms with Gasteiger partial charge in [0.1, 0.15) is 6.61 Å². The zero-order valence-electron chi connectivity index (χ0n) is 9.74. The Morgan fingerprint density at radius 3 is 2.50 bits per heavy atom. The molecule has 1 amide bonds. The molecule has 5 nitrogen and oxygen atoms in total. The normalized spacial score (nSPS) is 25.0. The number of aliphatic carboxylic acids is 1. The Kier molecular flexibility index (Phi) is 4.55. The van der Waals surface area contributed by atoms with Crippen molar-refractivity contribution in [3.05, 3.63) is 0 Å². The van der Waals surface area contributed by atoms with Crippen LogP contribution >= 0.6 is 0 Å². The number of hydrogen-bond acceptors (Lipinski definition) is 3. The largest absolute Gasteiger partial charge is 0.480 e. The fourth-order valence-corrected chi connectivity index (χ4v) is 1.98. The lowest BCUT2D eigenvalue weighted by atomic mass is 9.98. The van der Waals surface area contributed by atoms with Crippen molar-refractivity contribution >= 4 is 11.9 Å². The van der Waals surface area contributed by atoms with E-state index >= 15 is 0 Å². The quantitative estimate of drug-likeness (QED) is 0.831. The highest BCUT2D eigenvalue weighted by molar-refractivity contribution is 5.83. The third-order valence-electron chi connectivity index (χ3n) is 2.69. The minimum Gasteiger partial charge on any atom is -0.480 e. The molecule has 0 saturated carbocycles. The smallest absolute Gasteiger partial charge is 0.411 e. The molecule has 18 heavy (non-hydrogen) atoms. The third kappa shape index (κ3) is 3.86. The van der Waals surface area contributed by atoms with E-state index in [-0.39, 0.29) is 13.0 Å². The average Bonchev–Trinajstić information content (AvgIpc) is 2.24. The van der Waals surface area contributed by atoms with Crippen molar-refractivity contribution in [2.45, 2.75) is 38.1 Å². The third-order valence-corrected chi connectivity index (χ3v) is 2.69. The number of amides is 1. The topological polar surface area (TPSA) is 66.8 Å². The monoisotopic (exact) mass is 269 g/mol. The Labute approximate surface area is 102 Å². The lowest BCUT2D eigenvalue weighted by molar-refractivity contribution is -0.200. The van der Waals surface area contributed by atoms with Crippen LogP contribution in [-0.4, -0.2) is 53.4 Å². The Bertz CT molecular complexity index is 332. The SMILES string of the molecule is CC(=O)N1CCCC(OCC(F)(F)F)C1C(=O)O. The highest BCUT2D eigenvalue weighted by atomic mass is 19.4. The van der Waals surface area contributed by atoms with E-state index in [4.69, 9.17) is 5.11 Å². The van der Waals surface area contributed by atoms with Crippen molar-refractivity contribution in [1.29, 1.82) is 0 Å². The number of carbonyl (C=O) groups excluding carboxylic acids is 1. The van der Waals surface area contributed by atoms with Crippen molar-refractivity contribution in [3.8, 4) is 0 Å². The summed E-state index contributed by atoms with van der Waals surface area (Å²) in [6, 6.07) is -1.35. The fraction of sp³-hybridized carbons (Fsp3) is 0.800. The molecule has 0 spiro atoms. The molecule has 0 aromatic carbocycles. The summed E-state index contributed by atoms with van der Waals surface area (Å²) < 4.78 is 40.7. The van der Waals surface area contributed by atoms with Crippen LogP contribution in [0.25, 0.3) is 0 Å². The molecule has 1 rings (SSSR count). The van der Waals surface area contributed by atoms with Gasteiger partial charge in [-0.15, -0.1) is 0 Å². The number of piperidine rings is 1. The van der Waals surface area contributed by atoms with Gasteiger partial charge in [0.15, 0.2) is 6.04 Å². The molecule has 1 heterocycles. The van der Waals surface area contributed by atoms with E-state index in [1.165, 1.54) is 6.92 Å². The lowest BCUT2D eigenvalue weighted by Gasteiger charge is -2.38. The molecule has 0 aromatic rings. The molecule has 1 aliphatic rings. The Morgan fingerprint density at radius 2 is 2.06 bits per heavy atom. The van der Waals surface area contributed by atoms with E-state index < -0.39 is 36.8 Å². The van der Waals surface area contributed by atoms with Crippen LogP contribution in [-0.2, 0) is 14.3 Å². The van der Waals surface area contributed by atoms with Gasteiger partial charge >= 0.3 is 12.1 Å². The van der Waals surface area contributed by atoms with Gasteiger partial charge in [0.05, 0.1) is 6.10 Å². The molecule has 1 fully saturated rings. The summed E-state index contributed by atoms with van der Waals surface area (Å²) in [4.78, 5) is 23.3. The van der Waals surface area contributed by atoms with Gasteiger partial charge in [-0.1, -0.05) is 0 Å². The number of carboxylic acid groups (broad SMARTS) is 1. The Balaban J connectivity index is 2.75. The molecular formula is C10H14F3NO4. The predicted octanol–water partition coefficient (Wildman–Crippen LogP) is 1.03. The number of carboxylic acids is 1. The molecule has 0 bridgehead atoms. The second-order valence-electron chi connectivity index (χ2n) is 4.10. The number of ether oxygens (including phenoxy) is 1. The highest BCUT2D eigenvalue weighted by Crippen LogP contribution is 2.24. The number of hydrogen-bond donors (Lipinski definition) is 1. The van der Waals surface area contributed by atoms with Gasteiger partial charge in [0, 0.05) is 13.5 Å². The first-order valence-corrected chi connectivity index (χ1v) is 5.41. The Morgan fingerprint density at radius 1 is 1.44 bits per heavy atom. The van der Waals surface area contributed by atoms with Crippen LogP contribution in [0.5, 0.6) is 0 Å². The van der Waals surface area contributed by atoms with Crippen molar-refractivity contribution in [2.24, 2.45) is 0 Å². The molecule has 1 aliphatic heterocycles. The first-order chi connectivity index (χ1) is 8.22. The van der Waals surface area contributed by atoms with Crippen LogP contribution in [0.2, 0.25) is 0 Å². The van der Waals surface area contributed by atoms with Gasteiger partial charge in [-0.3, -0.25) is 4.79 Å². The lowest BCUT2D eigenvalue weighted by Crippen LogP contribution is -2.55.